The number of hydrogen-bond donors (Lipinski definition) is 2. The second-order valence-electron chi connectivity index (χ2n) is 5.08. The molecule has 1 saturated heterocycles. The molecule has 0 radical (unpaired) electrons. The fraction of sp³-hybridized carbons (Fsp3) is 0.400. The van der Waals surface area contributed by atoms with Crippen molar-refractivity contribution in [2.75, 3.05) is 13.2 Å². The summed E-state index contributed by atoms with van der Waals surface area (Å²) >= 11 is 1.61. The van der Waals surface area contributed by atoms with E-state index in [0.29, 0.717) is 19.8 Å². The fourth-order valence-electron chi connectivity index (χ4n) is 2.38. The summed E-state index contributed by atoms with van der Waals surface area (Å²) in [5.74, 6) is 0. The van der Waals surface area contributed by atoms with E-state index in [1.807, 2.05) is 16.8 Å². The predicted octanol–water partition coefficient (Wildman–Crippen LogP) is 2.18. The van der Waals surface area contributed by atoms with Crippen LogP contribution in [0, 0.1) is 0 Å². The van der Waals surface area contributed by atoms with Crippen LogP contribution in [-0.4, -0.2) is 35.3 Å². The second-order valence-corrected chi connectivity index (χ2v) is 5.86. The fourth-order valence-corrected chi connectivity index (χ4v) is 3.02. The summed E-state index contributed by atoms with van der Waals surface area (Å²) in [6.45, 7) is 1.77. The van der Waals surface area contributed by atoms with E-state index in [2.05, 4.69) is 20.6 Å². The van der Waals surface area contributed by atoms with Crippen molar-refractivity contribution in [3.8, 4) is 11.3 Å². The number of amides is 2. The lowest BCUT2D eigenvalue weighted by Crippen LogP contribution is -2.44. The van der Waals surface area contributed by atoms with Crippen LogP contribution in [0.3, 0.4) is 0 Å². The van der Waals surface area contributed by atoms with Crippen molar-refractivity contribution >= 4 is 17.4 Å². The van der Waals surface area contributed by atoms with Gasteiger partial charge in [0.15, 0.2) is 0 Å². The minimum absolute atomic E-state index is 0.172. The van der Waals surface area contributed by atoms with Gasteiger partial charge >= 0.3 is 6.03 Å². The zero-order chi connectivity index (χ0) is 15.2. The van der Waals surface area contributed by atoms with Gasteiger partial charge < -0.3 is 15.4 Å². The largest absolute Gasteiger partial charge is 0.381 e. The lowest BCUT2D eigenvalue weighted by atomic mass is 10.1. The van der Waals surface area contributed by atoms with Crippen molar-refractivity contribution in [3.63, 3.8) is 0 Å². The number of ether oxygens (including phenoxy) is 1. The Morgan fingerprint density at radius 2 is 2.14 bits per heavy atom. The first-order valence-electron chi connectivity index (χ1n) is 7.27. The Morgan fingerprint density at radius 3 is 2.91 bits per heavy atom. The molecule has 0 atom stereocenters. The molecule has 1 fully saturated rings. The molecular weight excluding hydrogens is 300 g/mol. The quantitative estimate of drug-likeness (QED) is 0.906. The summed E-state index contributed by atoms with van der Waals surface area (Å²) in [6.07, 6.45) is 5.03. The van der Waals surface area contributed by atoms with Crippen molar-refractivity contribution in [1.29, 1.82) is 0 Å². The molecule has 7 heteroatoms. The van der Waals surface area contributed by atoms with Gasteiger partial charge in [-0.15, -0.1) is 0 Å². The molecule has 2 amide bonds. The summed E-state index contributed by atoms with van der Waals surface area (Å²) in [5, 5.41) is 9.85. The number of nitrogens with one attached hydrogen (secondary N) is 2. The molecule has 3 rings (SSSR count). The van der Waals surface area contributed by atoms with Crippen LogP contribution in [-0.2, 0) is 11.3 Å². The zero-order valence-corrected chi connectivity index (χ0v) is 12.9. The molecule has 0 unspecified atom stereocenters. The van der Waals surface area contributed by atoms with E-state index in [0.717, 1.165) is 29.8 Å². The van der Waals surface area contributed by atoms with E-state index in [1.54, 1.807) is 23.7 Å². The average Bonchev–Trinajstić information content (AvgIpc) is 3.08. The topological polar surface area (TPSA) is 76.1 Å². The molecular formula is C15H18N4O2S. The van der Waals surface area contributed by atoms with Gasteiger partial charge in [0.2, 0.25) is 0 Å². The molecule has 0 aliphatic carbocycles. The van der Waals surface area contributed by atoms with Gasteiger partial charge in [0.25, 0.3) is 0 Å². The van der Waals surface area contributed by atoms with Crippen LogP contribution >= 0.6 is 11.3 Å². The number of rotatable bonds is 4. The van der Waals surface area contributed by atoms with Gasteiger partial charge in [-0.2, -0.15) is 11.3 Å². The standard InChI is InChI=1S/C15H18N4O2S/c20-15(19-12-1-6-21-7-2-12)18-9-13-14(17-5-4-16-13)11-3-8-22-10-11/h3-5,8,10,12H,1-2,6-7,9H2,(H2,18,19,20). The van der Waals surface area contributed by atoms with Crippen LogP contribution < -0.4 is 10.6 Å². The van der Waals surface area contributed by atoms with Crippen LogP contribution in [0.4, 0.5) is 4.79 Å². The van der Waals surface area contributed by atoms with E-state index in [1.165, 1.54) is 0 Å². The number of thiophene rings is 1. The molecule has 6 nitrogen and oxygen atoms in total. The maximum absolute atomic E-state index is 12.0. The van der Waals surface area contributed by atoms with E-state index >= 15 is 0 Å². The Bertz CT molecular complexity index is 612. The van der Waals surface area contributed by atoms with Gasteiger partial charge in [0.05, 0.1) is 17.9 Å². The molecule has 0 bridgehead atoms. The molecule has 0 saturated carbocycles. The third-order valence-corrected chi connectivity index (χ3v) is 4.22. The van der Waals surface area contributed by atoms with E-state index in [4.69, 9.17) is 4.74 Å². The highest BCUT2D eigenvalue weighted by Gasteiger charge is 2.16. The van der Waals surface area contributed by atoms with E-state index < -0.39 is 0 Å². The lowest BCUT2D eigenvalue weighted by Gasteiger charge is -2.23. The maximum Gasteiger partial charge on any atom is 0.315 e. The smallest absolute Gasteiger partial charge is 0.315 e. The van der Waals surface area contributed by atoms with Crippen molar-refractivity contribution in [2.24, 2.45) is 0 Å². The molecule has 1 aliphatic heterocycles. The van der Waals surface area contributed by atoms with Gasteiger partial charge in [0.1, 0.15) is 0 Å². The minimum atomic E-state index is -0.172. The molecule has 116 valence electrons. The molecule has 22 heavy (non-hydrogen) atoms. The molecule has 2 N–H and O–H groups in total. The average molecular weight is 318 g/mol. The van der Waals surface area contributed by atoms with Crippen molar-refractivity contribution in [3.05, 3.63) is 34.9 Å². The first kappa shape index (κ1) is 14.9. The van der Waals surface area contributed by atoms with Gasteiger partial charge in [0, 0.05) is 42.6 Å². The Morgan fingerprint density at radius 1 is 1.32 bits per heavy atom. The Labute approximate surface area is 132 Å². The van der Waals surface area contributed by atoms with Gasteiger partial charge in [-0.25, -0.2) is 4.79 Å². The summed E-state index contributed by atoms with van der Waals surface area (Å²) in [4.78, 5) is 20.7. The van der Waals surface area contributed by atoms with Gasteiger partial charge in [-0.1, -0.05) is 0 Å². The molecule has 2 aromatic rings. The van der Waals surface area contributed by atoms with Gasteiger partial charge in [-0.05, 0) is 24.3 Å². The molecule has 0 aromatic carbocycles. The zero-order valence-electron chi connectivity index (χ0n) is 12.1. The highest BCUT2D eigenvalue weighted by molar-refractivity contribution is 7.08. The normalized spacial score (nSPS) is 15.5. The number of carbonyl (C=O) groups excluding carboxylic acids is 1. The summed E-state index contributed by atoms with van der Waals surface area (Å²) in [6, 6.07) is 2.01. The monoisotopic (exact) mass is 318 g/mol. The number of nitrogens with zero attached hydrogens (tertiary/aromatic N) is 2. The highest BCUT2D eigenvalue weighted by Crippen LogP contribution is 2.22. The minimum Gasteiger partial charge on any atom is -0.381 e. The molecule has 3 heterocycles. The van der Waals surface area contributed by atoms with Crippen molar-refractivity contribution in [2.45, 2.75) is 25.4 Å². The number of carbonyl (C=O) groups is 1. The van der Waals surface area contributed by atoms with Crippen LogP contribution in [0.1, 0.15) is 18.5 Å². The van der Waals surface area contributed by atoms with E-state index in [9.17, 15) is 4.79 Å². The summed E-state index contributed by atoms with van der Waals surface area (Å²) in [5.41, 5.74) is 2.61. The lowest BCUT2D eigenvalue weighted by molar-refractivity contribution is 0.0800. The van der Waals surface area contributed by atoms with Crippen LogP contribution in [0.5, 0.6) is 0 Å². The predicted molar refractivity (Wildman–Crippen MR) is 84.6 cm³/mol. The highest BCUT2D eigenvalue weighted by atomic mass is 32.1. The van der Waals surface area contributed by atoms with Crippen molar-refractivity contribution in [1.82, 2.24) is 20.6 Å². The first-order chi connectivity index (χ1) is 10.8. The van der Waals surface area contributed by atoms with Crippen molar-refractivity contribution < 1.29 is 9.53 Å². The summed E-state index contributed by atoms with van der Waals surface area (Å²) < 4.78 is 5.28. The number of aromatic nitrogens is 2. The Kier molecular flexibility index (Phi) is 4.97. The van der Waals surface area contributed by atoms with Crippen LogP contribution in [0.15, 0.2) is 29.2 Å². The number of urea groups is 1. The SMILES string of the molecule is O=C(NCc1nccnc1-c1ccsc1)NC1CCOCC1. The van der Waals surface area contributed by atoms with E-state index in [-0.39, 0.29) is 12.1 Å². The Balaban J connectivity index is 1.58. The third-order valence-electron chi connectivity index (χ3n) is 3.54. The molecule has 2 aromatic heterocycles. The molecule has 0 spiro atoms. The Hall–Kier alpha value is -1.99. The van der Waals surface area contributed by atoms with Crippen LogP contribution in [0.2, 0.25) is 0 Å². The number of hydrogen-bond acceptors (Lipinski definition) is 5. The summed E-state index contributed by atoms with van der Waals surface area (Å²) in [7, 11) is 0. The molecule has 1 aliphatic rings. The third kappa shape index (κ3) is 3.80. The first-order valence-corrected chi connectivity index (χ1v) is 8.22. The van der Waals surface area contributed by atoms with Gasteiger partial charge in [-0.3, -0.25) is 9.97 Å². The second kappa shape index (κ2) is 7.33. The maximum atomic E-state index is 12.0. The van der Waals surface area contributed by atoms with Crippen LogP contribution in [0.25, 0.3) is 11.3 Å².